The first kappa shape index (κ1) is 12.1. The number of hydrogen-bond acceptors (Lipinski definition) is 4. The Morgan fingerprint density at radius 2 is 2.27 bits per heavy atom. The number of carbonyl (C=O) groups is 1. The third-order valence-electron chi connectivity index (χ3n) is 1.69. The van der Waals surface area contributed by atoms with Gasteiger partial charge in [-0.15, -0.1) is 11.8 Å². The molecule has 0 aliphatic carbocycles. The summed E-state index contributed by atoms with van der Waals surface area (Å²) in [6.07, 6.45) is 1.42. The average molecular weight is 228 g/mol. The lowest BCUT2D eigenvalue weighted by Crippen LogP contribution is -2.29. The van der Waals surface area contributed by atoms with Gasteiger partial charge in [-0.25, -0.2) is 5.84 Å². The Morgan fingerprint density at radius 3 is 2.80 bits per heavy atom. The quantitative estimate of drug-likeness (QED) is 0.471. The van der Waals surface area contributed by atoms with Gasteiger partial charge in [0.1, 0.15) is 12.0 Å². The van der Waals surface area contributed by atoms with E-state index in [9.17, 15) is 4.79 Å². The van der Waals surface area contributed by atoms with Crippen LogP contribution in [0.3, 0.4) is 0 Å². The highest BCUT2D eigenvalue weighted by Gasteiger charge is 2.13. The second-order valence-corrected chi connectivity index (χ2v) is 5.98. The molecule has 1 aromatic rings. The second kappa shape index (κ2) is 4.72. The highest BCUT2D eigenvalue weighted by Crippen LogP contribution is 2.27. The van der Waals surface area contributed by atoms with E-state index < -0.39 is 0 Å². The number of nitrogens with one attached hydrogen (secondary N) is 1. The van der Waals surface area contributed by atoms with Gasteiger partial charge in [0.2, 0.25) is 0 Å². The normalized spacial score (nSPS) is 11.5. The van der Waals surface area contributed by atoms with E-state index in [4.69, 9.17) is 10.3 Å². The summed E-state index contributed by atoms with van der Waals surface area (Å²) in [4.78, 5) is 11.1. The van der Waals surface area contributed by atoms with Crippen molar-refractivity contribution in [3.05, 3.63) is 23.7 Å². The minimum atomic E-state index is -0.328. The molecule has 5 heteroatoms. The van der Waals surface area contributed by atoms with Crippen LogP contribution in [0.25, 0.3) is 0 Å². The molecule has 0 atom stereocenters. The van der Waals surface area contributed by atoms with Gasteiger partial charge >= 0.3 is 0 Å². The van der Waals surface area contributed by atoms with Gasteiger partial charge in [-0.1, -0.05) is 20.8 Å². The lowest BCUT2D eigenvalue weighted by atomic mass is 10.3. The Bertz CT molecular complexity index is 341. The highest BCUT2D eigenvalue weighted by atomic mass is 32.2. The molecule has 0 aromatic carbocycles. The lowest BCUT2D eigenvalue weighted by Gasteiger charge is -2.16. The molecule has 1 rings (SSSR count). The van der Waals surface area contributed by atoms with Gasteiger partial charge in [-0.05, 0) is 6.07 Å². The van der Waals surface area contributed by atoms with Crippen molar-refractivity contribution >= 4 is 17.7 Å². The summed E-state index contributed by atoms with van der Waals surface area (Å²) in [5.74, 6) is 6.22. The van der Waals surface area contributed by atoms with E-state index in [0.717, 1.165) is 11.5 Å². The summed E-state index contributed by atoms with van der Waals surface area (Å²) >= 11 is 1.76. The molecule has 0 aliphatic heterocycles. The second-order valence-electron chi connectivity index (χ2n) is 4.18. The van der Waals surface area contributed by atoms with Crippen LogP contribution in [0, 0.1) is 0 Å². The first-order chi connectivity index (χ1) is 6.92. The predicted molar refractivity (Wildman–Crippen MR) is 61.4 cm³/mol. The number of carbonyl (C=O) groups excluding carboxylic acids is 1. The van der Waals surface area contributed by atoms with E-state index in [1.807, 2.05) is 0 Å². The Hall–Kier alpha value is -0.940. The van der Waals surface area contributed by atoms with Crippen LogP contribution in [0.5, 0.6) is 0 Å². The smallest absolute Gasteiger partial charge is 0.268 e. The van der Waals surface area contributed by atoms with Gasteiger partial charge in [-0.3, -0.25) is 10.2 Å². The molecule has 0 fully saturated rings. The van der Waals surface area contributed by atoms with Gasteiger partial charge in [0.15, 0.2) is 0 Å². The van der Waals surface area contributed by atoms with Gasteiger partial charge in [0.05, 0.1) is 11.3 Å². The fraction of sp³-hybridized carbons (Fsp3) is 0.500. The molecule has 0 aliphatic rings. The molecule has 0 saturated carbocycles. The van der Waals surface area contributed by atoms with Crippen LogP contribution < -0.4 is 11.3 Å². The molecule has 1 amide bonds. The van der Waals surface area contributed by atoms with Crippen molar-refractivity contribution in [1.82, 2.24) is 5.43 Å². The number of hydrogen-bond donors (Lipinski definition) is 2. The van der Waals surface area contributed by atoms with Crippen molar-refractivity contribution in [3.63, 3.8) is 0 Å². The number of nitrogens with two attached hydrogens (primary N) is 1. The third kappa shape index (κ3) is 3.97. The Labute approximate surface area is 93.6 Å². The maximum absolute atomic E-state index is 11.1. The first-order valence-corrected chi connectivity index (χ1v) is 5.63. The number of nitrogen functional groups attached to an aromatic ring is 1. The molecule has 15 heavy (non-hydrogen) atoms. The summed E-state index contributed by atoms with van der Waals surface area (Å²) in [6.45, 7) is 6.40. The molecule has 0 bridgehead atoms. The topological polar surface area (TPSA) is 68.3 Å². The summed E-state index contributed by atoms with van der Waals surface area (Å²) in [7, 11) is 0. The number of hydrazine groups is 1. The fourth-order valence-electron chi connectivity index (χ4n) is 0.946. The maximum atomic E-state index is 11.1. The number of furan rings is 1. The van der Waals surface area contributed by atoms with Gasteiger partial charge in [0.25, 0.3) is 5.91 Å². The van der Waals surface area contributed by atoms with E-state index in [1.54, 1.807) is 17.8 Å². The van der Waals surface area contributed by atoms with Gasteiger partial charge in [0, 0.05) is 4.75 Å². The van der Waals surface area contributed by atoms with E-state index >= 15 is 0 Å². The monoisotopic (exact) mass is 228 g/mol. The zero-order valence-electron chi connectivity index (χ0n) is 9.16. The van der Waals surface area contributed by atoms with Crippen LogP contribution in [0.15, 0.2) is 16.7 Å². The van der Waals surface area contributed by atoms with Crippen LogP contribution in [0.2, 0.25) is 0 Å². The minimum absolute atomic E-state index is 0.184. The van der Waals surface area contributed by atoms with E-state index in [2.05, 4.69) is 26.2 Å². The lowest BCUT2D eigenvalue weighted by molar-refractivity contribution is 0.0953. The Morgan fingerprint density at radius 1 is 1.60 bits per heavy atom. The zero-order valence-corrected chi connectivity index (χ0v) is 9.98. The molecule has 3 N–H and O–H groups in total. The van der Waals surface area contributed by atoms with Crippen molar-refractivity contribution in [1.29, 1.82) is 0 Å². The van der Waals surface area contributed by atoms with Crippen molar-refractivity contribution in [2.75, 3.05) is 0 Å². The van der Waals surface area contributed by atoms with Crippen molar-refractivity contribution in [2.24, 2.45) is 5.84 Å². The molecule has 0 spiro atoms. The molecule has 1 heterocycles. The first-order valence-electron chi connectivity index (χ1n) is 4.65. The van der Waals surface area contributed by atoms with Crippen molar-refractivity contribution in [2.45, 2.75) is 31.3 Å². The third-order valence-corrected chi connectivity index (χ3v) is 2.99. The van der Waals surface area contributed by atoms with Crippen LogP contribution in [-0.4, -0.2) is 10.7 Å². The van der Waals surface area contributed by atoms with Crippen molar-refractivity contribution in [3.8, 4) is 0 Å². The summed E-state index contributed by atoms with van der Waals surface area (Å²) in [6, 6.07) is 1.71. The Balaban J connectivity index is 2.57. The van der Waals surface area contributed by atoms with Crippen LogP contribution in [-0.2, 0) is 5.75 Å². The molecule has 1 aromatic heterocycles. The number of amides is 1. The Kier molecular flexibility index (Phi) is 3.82. The standard InChI is InChI=1S/C10H16N2O2S/c1-10(2,3)15-6-8-4-7(5-14-8)9(13)12-11/h4-5H,6,11H2,1-3H3,(H,12,13). The number of thioether (sulfide) groups is 1. The number of rotatable bonds is 3. The maximum Gasteiger partial charge on any atom is 0.268 e. The zero-order chi connectivity index (χ0) is 11.5. The largest absolute Gasteiger partial charge is 0.468 e. The van der Waals surface area contributed by atoms with Gasteiger partial charge < -0.3 is 4.42 Å². The molecule has 0 radical (unpaired) electrons. The molecule has 4 nitrogen and oxygen atoms in total. The summed E-state index contributed by atoms with van der Waals surface area (Å²) in [5.41, 5.74) is 2.52. The minimum Gasteiger partial charge on any atom is -0.468 e. The van der Waals surface area contributed by atoms with E-state index in [1.165, 1.54) is 6.26 Å². The van der Waals surface area contributed by atoms with E-state index in [-0.39, 0.29) is 10.7 Å². The molecule has 0 saturated heterocycles. The highest BCUT2D eigenvalue weighted by molar-refractivity contribution is 7.99. The van der Waals surface area contributed by atoms with Crippen LogP contribution in [0.4, 0.5) is 0 Å². The molecule has 0 unspecified atom stereocenters. The van der Waals surface area contributed by atoms with Crippen LogP contribution in [0.1, 0.15) is 36.9 Å². The fourth-order valence-corrected chi connectivity index (χ4v) is 1.67. The van der Waals surface area contributed by atoms with Crippen molar-refractivity contribution < 1.29 is 9.21 Å². The van der Waals surface area contributed by atoms with Gasteiger partial charge in [-0.2, -0.15) is 0 Å². The summed E-state index contributed by atoms with van der Waals surface area (Å²) in [5, 5.41) is 0. The molecular weight excluding hydrogens is 212 g/mol. The molecule has 84 valence electrons. The predicted octanol–water partition coefficient (Wildman–Crippen LogP) is 1.91. The molecular formula is C10H16N2O2S. The van der Waals surface area contributed by atoms with Crippen LogP contribution >= 0.6 is 11.8 Å². The SMILES string of the molecule is CC(C)(C)SCc1cc(C(=O)NN)co1. The van der Waals surface area contributed by atoms with E-state index in [0.29, 0.717) is 5.56 Å². The average Bonchev–Trinajstić information content (AvgIpc) is 2.61. The summed E-state index contributed by atoms with van der Waals surface area (Å²) < 4.78 is 5.43.